The Bertz CT molecular complexity index is 780. The Morgan fingerprint density at radius 2 is 1.70 bits per heavy atom. The third-order valence-corrected chi connectivity index (χ3v) is 3.56. The van der Waals surface area contributed by atoms with Gasteiger partial charge in [0.1, 0.15) is 11.3 Å². The molecule has 0 bridgehead atoms. The van der Waals surface area contributed by atoms with Crippen molar-refractivity contribution in [2.24, 2.45) is 0 Å². The molecule has 2 aromatic carbocycles. The summed E-state index contributed by atoms with van der Waals surface area (Å²) in [5.41, 5.74) is 11.4. The number of hydrogen-bond acceptors (Lipinski definition) is 4. The van der Waals surface area contributed by atoms with Crippen molar-refractivity contribution in [1.29, 1.82) is 0 Å². The van der Waals surface area contributed by atoms with Crippen LogP contribution in [0.5, 0.6) is 5.75 Å². The van der Waals surface area contributed by atoms with Gasteiger partial charge in [-0.1, -0.05) is 0 Å². The topological polar surface area (TPSA) is 72.3 Å². The standard InChI is InChI=1S/C16H16N2O2/c1-8-5-13-14(6-9(8)2)20-16(18-13)12-7-11(17)4-10(3)15(12)19/h4-7,19H,17H2,1-3H3. The third-order valence-electron chi connectivity index (χ3n) is 3.56. The molecular weight excluding hydrogens is 252 g/mol. The molecule has 4 nitrogen and oxygen atoms in total. The smallest absolute Gasteiger partial charge is 0.231 e. The number of rotatable bonds is 1. The second kappa shape index (κ2) is 4.27. The van der Waals surface area contributed by atoms with Gasteiger partial charge in [0.25, 0.3) is 0 Å². The number of anilines is 1. The second-order valence-corrected chi connectivity index (χ2v) is 5.16. The first-order valence-corrected chi connectivity index (χ1v) is 6.43. The van der Waals surface area contributed by atoms with Crippen LogP contribution < -0.4 is 5.73 Å². The maximum atomic E-state index is 10.2. The van der Waals surface area contributed by atoms with Crippen LogP contribution in [0.15, 0.2) is 28.7 Å². The Morgan fingerprint density at radius 1 is 1.00 bits per heavy atom. The number of oxazole rings is 1. The zero-order valence-corrected chi connectivity index (χ0v) is 11.7. The average molecular weight is 268 g/mol. The molecule has 0 fully saturated rings. The van der Waals surface area contributed by atoms with Crippen LogP contribution in [-0.4, -0.2) is 10.1 Å². The molecule has 3 rings (SSSR count). The van der Waals surface area contributed by atoms with E-state index in [1.54, 1.807) is 19.1 Å². The van der Waals surface area contributed by atoms with Crippen molar-refractivity contribution in [2.45, 2.75) is 20.8 Å². The molecular formula is C16H16N2O2. The first-order valence-electron chi connectivity index (χ1n) is 6.43. The minimum atomic E-state index is 0.152. The van der Waals surface area contributed by atoms with Crippen molar-refractivity contribution in [3.8, 4) is 17.2 Å². The van der Waals surface area contributed by atoms with Crippen molar-refractivity contribution in [2.75, 3.05) is 5.73 Å². The highest BCUT2D eigenvalue weighted by Gasteiger charge is 2.15. The summed E-state index contributed by atoms with van der Waals surface area (Å²) >= 11 is 0. The molecule has 0 saturated heterocycles. The van der Waals surface area contributed by atoms with Gasteiger partial charge < -0.3 is 15.3 Å². The van der Waals surface area contributed by atoms with Gasteiger partial charge >= 0.3 is 0 Å². The monoisotopic (exact) mass is 268 g/mol. The fraction of sp³-hybridized carbons (Fsp3) is 0.188. The van der Waals surface area contributed by atoms with Crippen LogP contribution in [-0.2, 0) is 0 Å². The lowest BCUT2D eigenvalue weighted by molar-refractivity contribution is 0.470. The summed E-state index contributed by atoms with van der Waals surface area (Å²) in [6.45, 7) is 5.86. The molecule has 0 aliphatic carbocycles. The van der Waals surface area contributed by atoms with E-state index in [0.29, 0.717) is 28.3 Å². The molecule has 0 atom stereocenters. The zero-order valence-electron chi connectivity index (χ0n) is 11.7. The van der Waals surface area contributed by atoms with Gasteiger partial charge in [-0.25, -0.2) is 4.98 Å². The van der Waals surface area contributed by atoms with E-state index in [1.165, 1.54) is 0 Å². The molecule has 3 aromatic rings. The number of phenols is 1. The van der Waals surface area contributed by atoms with Gasteiger partial charge in [-0.3, -0.25) is 0 Å². The van der Waals surface area contributed by atoms with Crippen molar-refractivity contribution >= 4 is 16.8 Å². The van der Waals surface area contributed by atoms with E-state index in [2.05, 4.69) is 4.98 Å². The van der Waals surface area contributed by atoms with Crippen LogP contribution in [0.25, 0.3) is 22.6 Å². The summed E-state index contributed by atoms with van der Waals surface area (Å²) in [5.74, 6) is 0.539. The highest BCUT2D eigenvalue weighted by atomic mass is 16.3. The summed E-state index contributed by atoms with van der Waals surface area (Å²) in [5, 5.41) is 10.2. The largest absolute Gasteiger partial charge is 0.507 e. The molecule has 1 heterocycles. The summed E-state index contributed by atoms with van der Waals surface area (Å²) in [7, 11) is 0. The Hall–Kier alpha value is -2.49. The number of aromatic hydroxyl groups is 1. The summed E-state index contributed by atoms with van der Waals surface area (Å²) in [4.78, 5) is 4.45. The number of nitrogens with two attached hydrogens (primary N) is 1. The lowest BCUT2D eigenvalue weighted by Crippen LogP contribution is -1.89. The molecule has 4 heteroatoms. The predicted molar refractivity (Wildman–Crippen MR) is 79.7 cm³/mol. The molecule has 0 radical (unpaired) electrons. The molecule has 0 amide bonds. The van der Waals surface area contributed by atoms with E-state index in [1.807, 2.05) is 26.0 Å². The van der Waals surface area contributed by atoms with E-state index in [0.717, 1.165) is 16.6 Å². The first-order chi connectivity index (χ1) is 9.45. The molecule has 1 aromatic heterocycles. The summed E-state index contributed by atoms with van der Waals surface area (Å²) < 4.78 is 5.75. The van der Waals surface area contributed by atoms with Crippen LogP contribution >= 0.6 is 0 Å². The molecule has 0 aliphatic rings. The molecule has 0 aliphatic heterocycles. The minimum Gasteiger partial charge on any atom is -0.507 e. The Labute approximate surface area is 116 Å². The number of benzene rings is 2. The van der Waals surface area contributed by atoms with Gasteiger partial charge in [-0.2, -0.15) is 0 Å². The Morgan fingerprint density at radius 3 is 2.45 bits per heavy atom. The number of hydrogen-bond donors (Lipinski definition) is 2. The second-order valence-electron chi connectivity index (χ2n) is 5.16. The molecule has 20 heavy (non-hydrogen) atoms. The van der Waals surface area contributed by atoms with E-state index in [-0.39, 0.29) is 5.75 Å². The van der Waals surface area contributed by atoms with Gasteiger partial charge in [0.2, 0.25) is 5.89 Å². The maximum Gasteiger partial charge on any atom is 0.231 e. The van der Waals surface area contributed by atoms with E-state index in [4.69, 9.17) is 10.2 Å². The van der Waals surface area contributed by atoms with Gasteiger partial charge in [0.15, 0.2) is 5.58 Å². The van der Waals surface area contributed by atoms with Gasteiger partial charge in [0, 0.05) is 5.69 Å². The summed E-state index contributed by atoms with van der Waals surface area (Å²) in [6, 6.07) is 7.33. The Balaban J connectivity index is 2.25. The van der Waals surface area contributed by atoms with Gasteiger partial charge in [0.05, 0.1) is 5.56 Å². The van der Waals surface area contributed by atoms with E-state index < -0.39 is 0 Å². The lowest BCUT2D eigenvalue weighted by atomic mass is 10.1. The molecule has 0 spiro atoms. The highest BCUT2D eigenvalue weighted by Crippen LogP contribution is 2.35. The number of nitrogens with zero attached hydrogens (tertiary/aromatic N) is 1. The molecule has 0 unspecified atom stereocenters. The average Bonchev–Trinajstić information content (AvgIpc) is 2.77. The molecule has 3 N–H and O–H groups in total. The fourth-order valence-electron chi connectivity index (χ4n) is 2.27. The van der Waals surface area contributed by atoms with Crippen LogP contribution in [0.3, 0.4) is 0 Å². The van der Waals surface area contributed by atoms with Crippen molar-refractivity contribution in [3.05, 3.63) is 41.0 Å². The van der Waals surface area contributed by atoms with E-state index in [9.17, 15) is 5.11 Å². The Kier molecular flexibility index (Phi) is 2.67. The highest BCUT2D eigenvalue weighted by molar-refractivity contribution is 5.80. The predicted octanol–water partition coefficient (Wildman–Crippen LogP) is 3.71. The number of aromatic nitrogens is 1. The fourth-order valence-corrected chi connectivity index (χ4v) is 2.27. The quantitative estimate of drug-likeness (QED) is 0.521. The van der Waals surface area contributed by atoms with Crippen LogP contribution in [0, 0.1) is 20.8 Å². The number of phenolic OH excluding ortho intramolecular Hbond substituents is 1. The zero-order chi connectivity index (χ0) is 14.4. The third kappa shape index (κ3) is 1.90. The maximum absolute atomic E-state index is 10.2. The lowest BCUT2D eigenvalue weighted by Gasteiger charge is -2.05. The van der Waals surface area contributed by atoms with Crippen LogP contribution in [0.2, 0.25) is 0 Å². The number of fused-ring (bicyclic) bond motifs is 1. The first kappa shape index (κ1) is 12.5. The van der Waals surface area contributed by atoms with Crippen molar-refractivity contribution < 1.29 is 9.52 Å². The van der Waals surface area contributed by atoms with Crippen molar-refractivity contribution in [1.82, 2.24) is 4.98 Å². The van der Waals surface area contributed by atoms with Gasteiger partial charge in [-0.05, 0) is 61.7 Å². The normalized spacial score (nSPS) is 11.2. The molecule has 0 saturated carbocycles. The van der Waals surface area contributed by atoms with E-state index >= 15 is 0 Å². The number of nitrogen functional groups attached to an aromatic ring is 1. The van der Waals surface area contributed by atoms with Gasteiger partial charge in [-0.15, -0.1) is 0 Å². The van der Waals surface area contributed by atoms with Crippen LogP contribution in [0.1, 0.15) is 16.7 Å². The minimum absolute atomic E-state index is 0.152. The molecule has 102 valence electrons. The van der Waals surface area contributed by atoms with Crippen LogP contribution in [0.4, 0.5) is 5.69 Å². The summed E-state index contributed by atoms with van der Waals surface area (Å²) in [6.07, 6.45) is 0. The number of aryl methyl sites for hydroxylation is 3. The SMILES string of the molecule is Cc1cc2nc(-c3cc(N)cc(C)c3O)oc2cc1C. The van der Waals surface area contributed by atoms with Crippen molar-refractivity contribution in [3.63, 3.8) is 0 Å².